The standard InChI is InChI=1S/C28H32O3/c1-17-15-21-22(28(4,5)14-13-27(21,2)3)16-20(17)26(31)19-11-9-18(10-12-19)25-23(29)7-6-8-24(25)30/h9-12,15-16,25H,6-8,13-14H2,1-5H3. The van der Waals surface area contributed by atoms with Crippen molar-refractivity contribution < 1.29 is 14.4 Å². The zero-order chi connectivity index (χ0) is 22.6. The fourth-order valence-corrected chi connectivity index (χ4v) is 5.23. The zero-order valence-corrected chi connectivity index (χ0v) is 19.3. The molecular weight excluding hydrogens is 384 g/mol. The Morgan fingerprint density at radius 1 is 0.839 bits per heavy atom. The Hall–Kier alpha value is -2.55. The van der Waals surface area contributed by atoms with Gasteiger partial charge in [-0.3, -0.25) is 14.4 Å². The van der Waals surface area contributed by atoms with Crippen LogP contribution in [0.5, 0.6) is 0 Å². The minimum atomic E-state index is -0.661. The molecule has 2 aliphatic carbocycles. The lowest BCUT2D eigenvalue weighted by molar-refractivity contribution is -0.131. The van der Waals surface area contributed by atoms with Crippen LogP contribution in [0.15, 0.2) is 36.4 Å². The number of rotatable bonds is 3. The van der Waals surface area contributed by atoms with Crippen LogP contribution in [-0.4, -0.2) is 17.3 Å². The lowest BCUT2D eigenvalue weighted by atomic mass is 9.62. The summed E-state index contributed by atoms with van der Waals surface area (Å²) in [6.45, 7) is 11.1. The number of Topliss-reactive ketones (excluding diaryl/α,β-unsaturated/α-hetero) is 2. The highest BCUT2D eigenvalue weighted by Gasteiger charge is 2.38. The van der Waals surface area contributed by atoms with Crippen molar-refractivity contribution in [3.8, 4) is 0 Å². The van der Waals surface area contributed by atoms with Crippen LogP contribution < -0.4 is 0 Å². The first kappa shape index (κ1) is 21.7. The van der Waals surface area contributed by atoms with Crippen LogP contribution in [0, 0.1) is 6.92 Å². The van der Waals surface area contributed by atoms with Gasteiger partial charge in [0.05, 0.1) is 0 Å². The molecule has 2 aromatic rings. The van der Waals surface area contributed by atoms with Crippen molar-refractivity contribution in [3.63, 3.8) is 0 Å². The number of fused-ring (bicyclic) bond motifs is 1. The molecule has 162 valence electrons. The fraction of sp³-hybridized carbons (Fsp3) is 0.464. The van der Waals surface area contributed by atoms with Gasteiger partial charge in [0.15, 0.2) is 5.78 Å². The smallest absolute Gasteiger partial charge is 0.193 e. The first-order valence-electron chi connectivity index (χ1n) is 11.4. The van der Waals surface area contributed by atoms with E-state index >= 15 is 0 Å². The Kier molecular flexibility index (Phi) is 5.28. The van der Waals surface area contributed by atoms with Crippen LogP contribution in [-0.2, 0) is 20.4 Å². The summed E-state index contributed by atoms with van der Waals surface area (Å²) in [5, 5.41) is 0. The summed E-state index contributed by atoms with van der Waals surface area (Å²) >= 11 is 0. The van der Waals surface area contributed by atoms with E-state index < -0.39 is 5.92 Å². The van der Waals surface area contributed by atoms with E-state index in [2.05, 4.69) is 39.8 Å². The number of benzene rings is 2. The molecule has 0 heterocycles. The highest BCUT2D eigenvalue weighted by Crippen LogP contribution is 2.46. The number of aryl methyl sites for hydroxylation is 1. The molecule has 4 rings (SSSR count). The molecule has 0 spiro atoms. The Bertz CT molecular complexity index is 1050. The molecule has 0 aliphatic heterocycles. The highest BCUT2D eigenvalue weighted by molar-refractivity contribution is 6.11. The Balaban J connectivity index is 1.69. The second-order valence-corrected chi connectivity index (χ2v) is 10.7. The number of ketones is 3. The molecule has 2 aromatic carbocycles. The number of carbonyl (C=O) groups excluding carboxylic acids is 3. The predicted molar refractivity (Wildman–Crippen MR) is 123 cm³/mol. The summed E-state index contributed by atoms with van der Waals surface area (Å²) in [5.74, 6) is -0.685. The molecule has 3 nitrogen and oxygen atoms in total. The summed E-state index contributed by atoms with van der Waals surface area (Å²) in [6, 6.07) is 11.4. The predicted octanol–water partition coefficient (Wildman–Crippen LogP) is 5.98. The van der Waals surface area contributed by atoms with Gasteiger partial charge in [0.2, 0.25) is 0 Å². The molecule has 0 atom stereocenters. The third-order valence-electron chi connectivity index (χ3n) is 7.44. The molecule has 3 heteroatoms. The van der Waals surface area contributed by atoms with Crippen molar-refractivity contribution in [2.75, 3.05) is 0 Å². The Morgan fingerprint density at radius 3 is 1.90 bits per heavy atom. The normalized spacial score (nSPS) is 20.4. The lowest BCUT2D eigenvalue weighted by Gasteiger charge is -2.42. The van der Waals surface area contributed by atoms with Gasteiger partial charge in [-0.2, -0.15) is 0 Å². The monoisotopic (exact) mass is 416 g/mol. The van der Waals surface area contributed by atoms with Crippen molar-refractivity contribution in [1.29, 1.82) is 0 Å². The van der Waals surface area contributed by atoms with Crippen molar-refractivity contribution in [2.45, 2.75) is 83.5 Å². The Labute approximate surface area is 185 Å². The first-order chi connectivity index (χ1) is 14.5. The summed E-state index contributed by atoms with van der Waals surface area (Å²) in [5.41, 5.74) is 5.80. The molecule has 0 bridgehead atoms. The summed E-state index contributed by atoms with van der Waals surface area (Å²) in [6.07, 6.45) is 3.80. The summed E-state index contributed by atoms with van der Waals surface area (Å²) < 4.78 is 0. The van der Waals surface area contributed by atoms with E-state index in [0.29, 0.717) is 30.4 Å². The van der Waals surface area contributed by atoms with Gasteiger partial charge >= 0.3 is 0 Å². The average molecular weight is 417 g/mol. The van der Waals surface area contributed by atoms with E-state index in [0.717, 1.165) is 24.0 Å². The van der Waals surface area contributed by atoms with Gasteiger partial charge in [0.1, 0.15) is 17.5 Å². The molecule has 1 fully saturated rings. The fourth-order valence-electron chi connectivity index (χ4n) is 5.23. The number of hydrogen-bond acceptors (Lipinski definition) is 3. The molecule has 0 amide bonds. The van der Waals surface area contributed by atoms with Crippen molar-refractivity contribution in [1.82, 2.24) is 0 Å². The van der Waals surface area contributed by atoms with E-state index in [4.69, 9.17) is 0 Å². The molecule has 0 saturated heterocycles. The molecule has 0 N–H and O–H groups in total. The maximum Gasteiger partial charge on any atom is 0.193 e. The maximum absolute atomic E-state index is 13.4. The zero-order valence-electron chi connectivity index (χ0n) is 19.3. The Morgan fingerprint density at radius 2 is 1.35 bits per heavy atom. The molecule has 1 saturated carbocycles. The minimum absolute atomic E-state index is 0.00710. The van der Waals surface area contributed by atoms with Gasteiger partial charge in [-0.05, 0) is 65.3 Å². The van der Waals surface area contributed by atoms with Crippen LogP contribution in [0.25, 0.3) is 0 Å². The molecular formula is C28H32O3. The second kappa shape index (κ2) is 7.55. The third kappa shape index (κ3) is 3.79. The van der Waals surface area contributed by atoms with E-state index in [1.807, 2.05) is 6.92 Å². The van der Waals surface area contributed by atoms with Gasteiger partial charge < -0.3 is 0 Å². The van der Waals surface area contributed by atoms with E-state index in [1.54, 1.807) is 24.3 Å². The minimum Gasteiger partial charge on any atom is -0.299 e. The van der Waals surface area contributed by atoms with Crippen LogP contribution in [0.1, 0.15) is 104 Å². The van der Waals surface area contributed by atoms with Crippen LogP contribution in [0.4, 0.5) is 0 Å². The second-order valence-electron chi connectivity index (χ2n) is 10.7. The molecule has 0 radical (unpaired) electrons. The van der Waals surface area contributed by atoms with Crippen molar-refractivity contribution in [3.05, 3.63) is 69.8 Å². The summed E-state index contributed by atoms with van der Waals surface area (Å²) in [4.78, 5) is 37.9. The van der Waals surface area contributed by atoms with E-state index in [1.165, 1.54) is 11.1 Å². The highest BCUT2D eigenvalue weighted by atomic mass is 16.2. The first-order valence-corrected chi connectivity index (χ1v) is 11.4. The van der Waals surface area contributed by atoms with Gasteiger partial charge in [-0.1, -0.05) is 58.0 Å². The van der Waals surface area contributed by atoms with Crippen molar-refractivity contribution in [2.24, 2.45) is 0 Å². The molecule has 0 unspecified atom stereocenters. The SMILES string of the molecule is Cc1cc2c(cc1C(=O)c1ccc(C3C(=O)CCCC3=O)cc1)C(C)(C)CCC2(C)C. The summed E-state index contributed by atoms with van der Waals surface area (Å²) in [7, 11) is 0. The number of hydrogen-bond donors (Lipinski definition) is 0. The van der Waals surface area contributed by atoms with Gasteiger partial charge in [0, 0.05) is 24.0 Å². The van der Waals surface area contributed by atoms with Crippen LogP contribution >= 0.6 is 0 Å². The van der Waals surface area contributed by atoms with Gasteiger partial charge in [-0.15, -0.1) is 0 Å². The largest absolute Gasteiger partial charge is 0.299 e. The average Bonchev–Trinajstić information content (AvgIpc) is 2.71. The quantitative estimate of drug-likeness (QED) is 0.457. The molecule has 31 heavy (non-hydrogen) atoms. The topological polar surface area (TPSA) is 51.2 Å². The van der Waals surface area contributed by atoms with E-state index in [-0.39, 0.29) is 28.2 Å². The van der Waals surface area contributed by atoms with Gasteiger partial charge in [0.25, 0.3) is 0 Å². The third-order valence-corrected chi connectivity index (χ3v) is 7.44. The van der Waals surface area contributed by atoms with Gasteiger partial charge in [-0.25, -0.2) is 0 Å². The van der Waals surface area contributed by atoms with E-state index in [9.17, 15) is 14.4 Å². The van der Waals surface area contributed by atoms with Crippen molar-refractivity contribution >= 4 is 17.3 Å². The maximum atomic E-state index is 13.4. The molecule has 2 aliphatic rings. The van der Waals surface area contributed by atoms with Crippen LogP contribution in [0.2, 0.25) is 0 Å². The number of carbonyl (C=O) groups is 3. The lowest BCUT2D eigenvalue weighted by Crippen LogP contribution is -2.34. The molecule has 0 aromatic heterocycles. The van der Waals surface area contributed by atoms with Crippen LogP contribution in [0.3, 0.4) is 0 Å².